The highest BCUT2D eigenvalue weighted by Crippen LogP contribution is 2.15. The monoisotopic (exact) mass is 248 g/mol. The van der Waals surface area contributed by atoms with Crippen molar-refractivity contribution in [1.82, 2.24) is 5.32 Å². The van der Waals surface area contributed by atoms with Crippen LogP contribution in [0.5, 0.6) is 0 Å². The summed E-state index contributed by atoms with van der Waals surface area (Å²) in [5.41, 5.74) is 2.68. The zero-order valence-corrected chi connectivity index (χ0v) is 12.5. The Kier molecular flexibility index (Phi) is 6.20. The molecule has 0 fully saturated rings. The van der Waals surface area contributed by atoms with Gasteiger partial charge in [-0.2, -0.15) is 0 Å². The Labute approximate surface area is 112 Å². The molecule has 1 aromatic rings. The van der Waals surface area contributed by atoms with Crippen LogP contribution < -0.4 is 10.2 Å². The van der Waals surface area contributed by atoms with Crippen molar-refractivity contribution in [2.24, 2.45) is 5.92 Å². The molecule has 1 N–H and O–H groups in total. The quantitative estimate of drug-likeness (QED) is 0.792. The maximum atomic E-state index is 3.56. The summed E-state index contributed by atoms with van der Waals surface area (Å²) in [7, 11) is 0. The van der Waals surface area contributed by atoms with Crippen molar-refractivity contribution in [2.45, 2.75) is 47.2 Å². The van der Waals surface area contributed by atoms with E-state index in [2.05, 4.69) is 69.1 Å². The second-order valence-electron chi connectivity index (χ2n) is 5.25. The van der Waals surface area contributed by atoms with E-state index in [0.29, 0.717) is 12.0 Å². The van der Waals surface area contributed by atoms with Crippen molar-refractivity contribution < 1.29 is 0 Å². The van der Waals surface area contributed by atoms with Gasteiger partial charge in [0.15, 0.2) is 0 Å². The number of rotatable bonds is 7. The molecule has 0 radical (unpaired) electrons. The minimum absolute atomic E-state index is 0.562. The molecule has 0 saturated carbocycles. The van der Waals surface area contributed by atoms with Crippen molar-refractivity contribution in [1.29, 1.82) is 0 Å². The van der Waals surface area contributed by atoms with Crippen molar-refractivity contribution in [2.75, 3.05) is 18.0 Å². The lowest BCUT2D eigenvalue weighted by atomic mass is 10.1. The molecule has 1 atom stereocenters. The smallest absolute Gasteiger partial charge is 0.0366 e. The first-order valence-corrected chi connectivity index (χ1v) is 7.15. The summed E-state index contributed by atoms with van der Waals surface area (Å²) < 4.78 is 0. The highest BCUT2D eigenvalue weighted by Gasteiger charge is 2.06. The third-order valence-corrected chi connectivity index (χ3v) is 3.69. The average molecular weight is 248 g/mol. The Hall–Kier alpha value is -1.02. The number of nitrogens with one attached hydrogen (secondary N) is 1. The molecule has 0 aliphatic heterocycles. The summed E-state index contributed by atoms with van der Waals surface area (Å²) in [5, 5.41) is 3.56. The molecule has 0 amide bonds. The SMILES string of the molecule is CCN(CC)c1ccc(CNC(C)C(C)C)cc1. The maximum Gasteiger partial charge on any atom is 0.0366 e. The number of hydrogen-bond acceptors (Lipinski definition) is 2. The van der Waals surface area contributed by atoms with E-state index in [4.69, 9.17) is 0 Å². The van der Waals surface area contributed by atoms with Crippen LogP contribution in [-0.4, -0.2) is 19.1 Å². The normalized spacial score (nSPS) is 12.8. The van der Waals surface area contributed by atoms with Gasteiger partial charge in [-0.15, -0.1) is 0 Å². The fourth-order valence-electron chi connectivity index (χ4n) is 1.93. The van der Waals surface area contributed by atoms with Gasteiger partial charge >= 0.3 is 0 Å². The largest absolute Gasteiger partial charge is 0.372 e. The first-order chi connectivity index (χ1) is 8.58. The van der Waals surface area contributed by atoms with Gasteiger partial charge < -0.3 is 10.2 Å². The van der Waals surface area contributed by atoms with Crippen LogP contribution >= 0.6 is 0 Å². The summed E-state index contributed by atoms with van der Waals surface area (Å²) in [6.07, 6.45) is 0. The fourth-order valence-corrected chi connectivity index (χ4v) is 1.93. The van der Waals surface area contributed by atoms with Crippen LogP contribution in [0.25, 0.3) is 0 Å². The van der Waals surface area contributed by atoms with Gasteiger partial charge in [0.25, 0.3) is 0 Å². The molecule has 1 unspecified atom stereocenters. The van der Waals surface area contributed by atoms with Crippen LogP contribution in [0.1, 0.15) is 40.2 Å². The minimum Gasteiger partial charge on any atom is -0.372 e. The van der Waals surface area contributed by atoms with Crippen LogP contribution in [0.15, 0.2) is 24.3 Å². The summed E-state index contributed by atoms with van der Waals surface area (Å²) in [5.74, 6) is 0.681. The van der Waals surface area contributed by atoms with Gasteiger partial charge in [-0.3, -0.25) is 0 Å². The van der Waals surface area contributed by atoms with Crippen molar-refractivity contribution in [3.05, 3.63) is 29.8 Å². The van der Waals surface area contributed by atoms with Crippen LogP contribution in [0.3, 0.4) is 0 Å². The molecular formula is C16H28N2. The molecule has 1 rings (SSSR count). The lowest BCUT2D eigenvalue weighted by Crippen LogP contribution is -2.30. The van der Waals surface area contributed by atoms with Gasteiger partial charge in [0.2, 0.25) is 0 Å². The molecule has 2 nitrogen and oxygen atoms in total. The summed E-state index contributed by atoms with van der Waals surface area (Å²) in [6, 6.07) is 9.47. The third-order valence-electron chi connectivity index (χ3n) is 3.69. The molecule has 0 bridgehead atoms. The van der Waals surface area contributed by atoms with Gasteiger partial charge in [-0.1, -0.05) is 26.0 Å². The number of anilines is 1. The van der Waals surface area contributed by atoms with Crippen molar-refractivity contribution in [3.8, 4) is 0 Å². The Morgan fingerprint density at radius 2 is 1.56 bits per heavy atom. The zero-order valence-electron chi connectivity index (χ0n) is 12.5. The average Bonchev–Trinajstić information content (AvgIpc) is 2.38. The van der Waals surface area contributed by atoms with E-state index in [1.54, 1.807) is 0 Å². The highest BCUT2D eigenvalue weighted by atomic mass is 15.1. The van der Waals surface area contributed by atoms with E-state index in [-0.39, 0.29) is 0 Å². The molecule has 18 heavy (non-hydrogen) atoms. The van der Waals surface area contributed by atoms with Gasteiger partial charge in [0.1, 0.15) is 0 Å². The van der Waals surface area contributed by atoms with E-state index in [1.165, 1.54) is 11.3 Å². The summed E-state index contributed by atoms with van der Waals surface area (Å²) >= 11 is 0. The van der Waals surface area contributed by atoms with E-state index >= 15 is 0 Å². The first-order valence-electron chi connectivity index (χ1n) is 7.15. The molecule has 0 aromatic heterocycles. The lowest BCUT2D eigenvalue weighted by Gasteiger charge is -2.21. The Morgan fingerprint density at radius 1 is 1.00 bits per heavy atom. The van der Waals surface area contributed by atoms with Crippen LogP contribution in [0.2, 0.25) is 0 Å². The van der Waals surface area contributed by atoms with E-state index in [9.17, 15) is 0 Å². The second-order valence-corrected chi connectivity index (χ2v) is 5.25. The standard InChI is InChI=1S/C16H28N2/c1-6-18(7-2)16-10-8-15(9-11-16)12-17-14(5)13(3)4/h8-11,13-14,17H,6-7,12H2,1-5H3. The summed E-state index contributed by atoms with van der Waals surface area (Å²) in [6.45, 7) is 14.2. The minimum atomic E-state index is 0.562. The fraction of sp³-hybridized carbons (Fsp3) is 0.625. The number of hydrogen-bond donors (Lipinski definition) is 1. The molecule has 0 aliphatic carbocycles. The van der Waals surface area contributed by atoms with Crippen LogP contribution in [0, 0.1) is 5.92 Å². The Bertz CT molecular complexity index is 325. The van der Waals surface area contributed by atoms with Gasteiger partial charge in [0.05, 0.1) is 0 Å². The molecule has 0 aliphatic rings. The molecule has 1 aromatic carbocycles. The van der Waals surface area contributed by atoms with Crippen molar-refractivity contribution >= 4 is 5.69 Å². The Balaban J connectivity index is 2.55. The van der Waals surface area contributed by atoms with E-state index < -0.39 is 0 Å². The number of nitrogens with zero attached hydrogens (tertiary/aromatic N) is 1. The first kappa shape index (κ1) is 15.0. The van der Waals surface area contributed by atoms with Gasteiger partial charge in [-0.05, 0) is 44.4 Å². The van der Waals surface area contributed by atoms with E-state index in [1.807, 2.05) is 0 Å². The summed E-state index contributed by atoms with van der Waals surface area (Å²) in [4.78, 5) is 2.37. The topological polar surface area (TPSA) is 15.3 Å². The second kappa shape index (κ2) is 7.42. The lowest BCUT2D eigenvalue weighted by molar-refractivity contribution is 0.426. The van der Waals surface area contributed by atoms with Gasteiger partial charge in [-0.25, -0.2) is 0 Å². The highest BCUT2D eigenvalue weighted by molar-refractivity contribution is 5.47. The predicted octanol–water partition coefficient (Wildman–Crippen LogP) is 3.67. The molecular weight excluding hydrogens is 220 g/mol. The van der Waals surface area contributed by atoms with E-state index in [0.717, 1.165) is 19.6 Å². The molecule has 102 valence electrons. The number of benzene rings is 1. The zero-order chi connectivity index (χ0) is 13.5. The third kappa shape index (κ3) is 4.34. The van der Waals surface area contributed by atoms with Crippen LogP contribution in [0.4, 0.5) is 5.69 Å². The Morgan fingerprint density at radius 3 is 2.00 bits per heavy atom. The molecule has 0 saturated heterocycles. The van der Waals surface area contributed by atoms with Crippen molar-refractivity contribution in [3.63, 3.8) is 0 Å². The molecule has 2 heteroatoms. The maximum absolute atomic E-state index is 3.56. The molecule has 0 spiro atoms. The predicted molar refractivity (Wildman–Crippen MR) is 81.1 cm³/mol. The van der Waals surface area contributed by atoms with Gasteiger partial charge in [0, 0.05) is 31.4 Å². The van der Waals surface area contributed by atoms with Crippen LogP contribution in [-0.2, 0) is 6.54 Å². The molecule has 0 heterocycles.